The first-order valence-corrected chi connectivity index (χ1v) is 9.12. The van der Waals surface area contributed by atoms with Gasteiger partial charge < -0.3 is 25.2 Å². The molecule has 3 N–H and O–H groups in total. The summed E-state index contributed by atoms with van der Waals surface area (Å²) < 4.78 is 11.0. The molecule has 1 rings (SSSR count). The fraction of sp³-hybridized carbons (Fsp3) is 0.941. The van der Waals surface area contributed by atoms with Crippen LogP contribution in [0.2, 0.25) is 0 Å². The minimum atomic E-state index is 0.242. The SMILES string of the molecule is CCCC(CCO)CN=C(NCC)NCCCOC1CCOC1. The molecule has 0 bridgehead atoms. The van der Waals surface area contributed by atoms with Crippen LogP contribution in [0.4, 0.5) is 0 Å². The van der Waals surface area contributed by atoms with Crippen LogP contribution in [0, 0.1) is 5.92 Å². The minimum absolute atomic E-state index is 0.242. The predicted octanol–water partition coefficient (Wildman–Crippen LogP) is 1.54. The second-order valence-corrected chi connectivity index (χ2v) is 6.02. The van der Waals surface area contributed by atoms with Gasteiger partial charge in [-0.15, -0.1) is 0 Å². The van der Waals surface area contributed by atoms with Gasteiger partial charge in [-0.25, -0.2) is 0 Å². The Morgan fingerprint density at radius 3 is 2.87 bits per heavy atom. The molecule has 0 aliphatic carbocycles. The van der Waals surface area contributed by atoms with Gasteiger partial charge in [-0.3, -0.25) is 4.99 Å². The molecule has 23 heavy (non-hydrogen) atoms. The number of nitrogens with one attached hydrogen (secondary N) is 2. The number of hydrogen-bond donors (Lipinski definition) is 3. The van der Waals surface area contributed by atoms with Crippen molar-refractivity contribution in [2.75, 3.05) is 46.1 Å². The first kappa shape index (κ1) is 20.2. The lowest BCUT2D eigenvalue weighted by molar-refractivity contribution is 0.0420. The lowest BCUT2D eigenvalue weighted by Gasteiger charge is -2.15. The van der Waals surface area contributed by atoms with Gasteiger partial charge in [0.25, 0.3) is 0 Å². The number of guanidine groups is 1. The molecule has 0 aromatic carbocycles. The summed E-state index contributed by atoms with van der Waals surface area (Å²) in [5.74, 6) is 1.32. The zero-order valence-electron chi connectivity index (χ0n) is 14.9. The Hall–Kier alpha value is -0.850. The summed E-state index contributed by atoms with van der Waals surface area (Å²) in [6, 6.07) is 0. The molecule has 2 unspecified atom stereocenters. The number of hydrogen-bond acceptors (Lipinski definition) is 4. The third kappa shape index (κ3) is 9.79. The number of aliphatic hydroxyl groups is 1. The van der Waals surface area contributed by atoms with Crippen molar-refractivity contribution in [1.82, 2.24) is 10.6 Å². The quantitative estimate of drug-likeness (QED) is 0.288. The maximum absolute atomic E-state index is 9.12. The van der Waals surface area contributed by atoms with Crippen LogP contribution in [-0.4, -0.2) is 63.2 Å². The monoisotopic (exact) mass is 329 g/mol. The molecule has 1 aliphatic heterocycles. The average molecular weight is 329 g/mol. The highest BCUT2D eigenvalue weighted by Crippen LogP contribution is 2.11. The van der Waals surface area contributed by atoms with E-state index in [2.05, 4.69) is 29.5 Å². The highest BCUT2D eigenvalue weighted by molar-refractivity contribution is 5.79. The van der Waals surface area contributed by atoms with Crippen LogP contribution in [-0.2, 0) is 9.47 Å². The fourth-order valence-corrected chi connectivity index (χ4v) is 2.65. The van der Waals surface area contributed by atoms with Gasteiger partial charge in [0, 0.05) is 39.5 Å². The highest BCUT2D eigenvalue weighted by atomic mass is 16.5. The zero-order chi connectivity index (χ0) is 16.8. The molecule has 1 aliphatic rings. The molecule has 0 aromatic heterocycles. The molecular formula is C17H35N3O3. The summed E-state index contributed by atoms with van der Waals surface area (Å²) in [6.07, 6.45) is 5.32. The van der Waals surface area contributed by atoms with Crippen molar-refractivity contribution < 1.29 is 14.6 Å². The van der Waals surface area contributed by atoms with E-state index in [1.807, 2.05) is 0 Å². The van der Waals surface area contributed by atoms with E-state index in [9.17, 15) is 0 Å². The molecule has 0 spiro atoms. The van der Waals surface area contributed by atoms with Crippen molar-refractivity contribution in [2.45, 2.75) is 52.1 Å². The Labute approximate surface area is 141 Å². The van der Waals surface area contributed by atoms with E-state index in [1.54, 1.807) is 0 Å². The second kappa shape index (κ2) is 13.6. The van der Waals surface area contributed by atoms with Gasteiger partial charge in [0.2, 0.25) is 0 Å². The zero-order valence-corrected chi connectivity index (χ0v) is 14.9. The number of nitrogens with zero attached hydrogens (tertiary/aromatic N) is 1. The van der Waals surface area contributed by atoms with Gasteiger partial charge in [-0.05, 0) is 38.5 Å². The van der Waals surface area contributed by atoms with Gasteiger partial charge in [0.1, 0.15) is 0 Å². The first-order chi connectivity index (χ1) is 11.3. The van der Waals surface area contributed by atoms with Gasteiger partial charge >= 0.3 is 0 Å². The molecule has 6 heteroatoms. The van der Waals surface area contributed by atoms with E-state index in [4.69, 9.17) is 14.6 Å². The van der Waals surface area contributed by atoms with Gasteiger partial charge in [0.05, 0.1) is 12.7 Å². The van der Waals surface area contributed by atoms with Crippen LogP contribution in [0.1, 0.15) is 46.0 Å². The maximum atomic E-state index is 9.12. The van der Waals surface area contributed by atoms with E-state index < -0.39 is 0 Å². The number of rotatable bonds is 12. The average Bonchev–Trinajstić information content (AvgIpc) is 3.05. The Morgan fingerprint density at radius 2 is 2.22 bits per heavy atom. The minimum Gasteiger partial charge on any atom is -0.396 e. The molecule has 1 fully saturated rings. The highest BCUT2D eigenvalue weighted by Gasteiger charge is 2.15. The van der Waals surface area contributed by atoms with Crippen LogP contribution in [0.15, 0.2) is 4.99 Å². The summed E-state index contributed by atoms with van der Waals surface area (Å²) in [5.41, 5.74) is 0. The third-order valence-electron chi connectivity index (χ3n) is 3.94. The molecule has 0 aromatic rings. The van der Waals surface area contributed by atoms with Gasteiger partial charge in [0.15, 0.2) is 5.96 Å². The third-order valence-corrected chi connectivity index (χ3v) is 3.94. The van der Waals surface area contributed by atoms with Crippen LogP contribution < -0.4 is 10.6 Å². The van der Waals surface area contributed by atoms with E-state index >= 15 is 0 Å². The summed E-state index contributed by atoms with van der Waals surface area (Å²) in [4.78, 5) is 4.65. The first-order valence-electron chi connectivity index (χ1n) is 9.12. The molecule has 0 saturated carbocycles. The molecule has 1 saturated heterocycles. The number of aliphatic imine (C=N–C) groups is 1. The van der Waals surface area contributed by atoms with Crippen LogP contribution in [0.5, 0.6) is 0 Å². The topological polar surface area (TPSA) is 75.1 Å². The van der Waals surface area contributed by atoms with Gasteiger partial charge in [-0.1, -0.05) is 13.3 Å². The van der Waals surface area contributed by atoms with Crippen molar-refractivity contribution in [2.24, 2.45) is 10.9 Å². The molecule has 1 heterocycles. The number of aliphatic hydroxyl groups excluding tert-OH is 1. The van der Waals surface area contributed by atoms with Crippen LogP contribution in [0.3, 0.4) is 0 Å². The summed E-state index contributed by atoms with van der Waals surface area (Å²) in [7, 11) is 0. The molecule has 2 atom stereocenters. The van der Waals surface area contributed by atoms with Crippen molar-refractivity contribution in [1.29, 1.82) is 0 Å². The lowest BCUT2D eigenvalue weighted by atomic mass is 10.0. The summed E-state index contributed by atoms with van der Waals surface area (Å²) in [6.45, 7) is 9.26. The fourth-order valence-electron chi connectivity index (χ4n) is 2.65. The standard InChI is InChI=1S/C17H35N3O3/c1-3-6-15(7-10-21)13-20-17(18-4-2)19-9-5-11-23-16-8-12-22-14-16/h15-16,21H,3-14H2,1-2H3,(H2,18,19,20). The second-order valence-electron chi connectivity index (χ2n) is 6.02. The predicted molar refractivity (Wildman–Crippen MR) is 93.9 cm³/mol. The molecule has 0 amide bonds. The van der Waals surface area contributed by atoms with Crippen molar-refractivity contribution >= 4 is 5.96 Å². The summed E-state index contributed by atoms with van der Waals surface area (Å²) in [5, 5.41) is 15.7. The van der Waals surface area contributed by atoms with Gasteiger partial charge in [-0.2, -0.15) is 0 Å². The Morgan fingerprint density at radius 1 is 1.35 bits per heavy atom. The van der Waals surface area contributed by atoms with Crippen molar-refractivity contribution in [3.05, 3.63) is 0 Å². The Bertz CT molecular complexity index is 301. The van der Waals surface area contributed by atoms with Crippen LogP contribution in [0.25, 0.3) is 0 Å². The Balaban J connectivity index is 2.21. The molecule has 0 radical (unpaired) electrons. The van der Waals surface area contributed by atoms with Crippen molar-refractivity contribution in [3.8, 4) is 0 Å². The van der Waals surface area contributed by atoms with E-state index in [0.717, 1.165) is 77.5 Å². The largest absolute Gasteiger partial charge is 0.396 e. The van der Waals surface area contributed by atoms with Crippen LogP contribution >= 0.6 is 0 Å². The lowest BCUT2D eigenvalue weighted by Crippen LogP contribution is -2.38. The molecule has 6 nitrogen and oxygen atoms in total. The van der Waals surface area contributed by atoms with E-state index in [1.165, 1.54) is 0 Å². The Kier molecular flexibility index (Phi) is 11.9. The van der Waals surface area contributed by atoms with E-state index in [-0.39, 0.29) is 12.7 Å². The number of ether oxygens (including phenoxy) is 2. The molecule has 136 valence electrons. The van der Waals surface area contributed by atoms with E-state index in [0.29, 0.717) is 5.92 Å². The molecular weight excluding hydrogens is 294 g/mol. The summed E-state index contributed by atoms with van der Waals surface area (Å²) >= 11 is 0. The maximum Gasteiger partial charge on any atom is 0.191 e. The normalized spacial score (nSPS) is 19.8. The smallest absolute Gasteiger partial charge is 0.191 e. The van der Waals surface area contributed by atoms with Crippen molar-refractivity contribution in [3.63, 3.8) is 0 Å².